The van der Waals surface area contributed by atoms with Crippen molar-refractivity contribution in [3.8, 4) is 0 Å². The Hall–Kier alpha value is -0.720. The van der Waals surface area contributed by atoms with Crippen molar-refractivity contribution in [2.45, 2.75) is 24.8 Å². The Balaban J connectivity index is 0.00000625. The molecule has 0 saturated heterocycles. The summed E-state index contributed by atoms with van der Waals surface area (Å²) in [4.78, 5) is 0.241. The molecule has 2 unspecified atom stereocenters. The minimum atomic E-state index is -3.25. The van der Waals surface area contributed by atoms with Gasteiger partial charge in [-0.2, -0.15) is 0 Å². The van der Waals surface area contributed by atoms with Crippen LogP contribution in [-0.4, -0.2) is 44.1 Å². The van der Waals surface area contributed by atoms with Crippen LogP contribution in [0.4, 0.5) is 5.69 Å². The molecule has 0 aliphatic carbocycles. The van der Waals surface area contributed by atoms with Crippen LogP contribution < -0.4 is 29.5 Å². The number of allylic oxidation sites excluding steroid dienone is 3. The first kappa shape index (κ1) is 25.3. The summed E-state index contributed by atoms with van der Waals surface area (Å²) in [7, 11) is -4.27. The fraction of sp³-hybridized carbons (Fsp3) is 0.353. The Morgan fingerprint density at radius 3 is 2.65 bits per heavy atom. The van der Waals surface area contributed by atoms with Crippen molar-refractivity contribution in [2.75, 3.05) is 19.1 Å². The molecule has 26 heavy (non-hydrogen) atoms. The highest BCUT2D eigenvalue weighted by molar-refractivity contribution is 7.90. The fourth-order valence-electron chi connectivity index (χ4n) is 1.86. The lowest BCUT2D eigenvalue weighted by atomic mass is 10.3. The molecule has 1 aromatic carbocycles. The molecule has 6 nitrogen and oxygen atoms in total. The molecular weight excluding hydrogens is 489 g/mol. The van der Waals surface area contributed by atoms with Gasteiger partial charge in [-0.1, -0.05) is 12.1 Å². The van der Waals surface area contributed by atoms with E-state index in [-0.39, 0.29) is 35.5 Å². The quantitative estimate of drug-likeness (QED) is 0.0568. The molecule has 0 aromatic heterocycles. The third-order valence-corrected chi connectivity index (χ3v) is 5.37. The van der Waals surface area contributed by atoms with E-state index in [1.165, 1.54) is 11.5 Å². The minimum absolute atomic E-state index is 0. The van der Waals surface area contributed by atoms with E-state index < -0.39 is 26.7 Å². The first-order chi connectivity index (χ1) is 11.8. The Morgan fingerprint density at radius 2 is 2.08 bits per heavy atom. The molecule has 1 aromatic rings. The number of rotatable bonds is 9. The third-order valence-electron chi connectivity index (χ3n) is 3.06. The smallest absolute Gasteiger partial charge is 0.175 e. The molecule has 0 spiro atoms. The number of halogens is 1. The molecule has 148 valence electrons. The summed E-state index contributed by atoms with van der Waals surface area (Å²) in [5.41, 5.74) is 2.16. The summed E-state index contributed by atoms with van der Waals surface area (Å²) < 4.78 is 34.2. The average Bonchev–Trinajstić information content (AvgIpc) is 2.56. The topological polar surface area (TPSA) is 89.4 Å². The van der Waals surface area contributed by atoms with Gasteiger partial charge in [0.2, 0.25) is 0 Å². The number of aliphatic hydroxyl groups is 1. The predicted octanol–water partition coefficient (Wildman–Crippen LogP) is -2.22. The number of ether oxygens (including phenoxy) is 1. The molecule has 3 N–H and O–H groups in total. The van der Waals surface area contributed by atoms with E-state index in [0.717, 1.165) is 6.26 Å². The van der Waals surface area contributed by atoms with Crippen LogP contribution in [0.3, 0.4) is 0 Å². The maximum Gasteiger partial charge on any atom is 0.175 e. The standard InChI is InChI=1S/C17H25NO5S2.HI/c1-5-8-16(6-2)22-12-15(19)13-24(3)23-18-14-9-7-10-17(11-14)25(4,20)21;/h5-11,13,15,18-19H,12H2,1-4H3;1H/p+1. The Kier molecular flexibility index (Phi) is 12.3. The fourth-order valence-corrected chi connectivity index (χ4v) is 3.46. The normalized spacial score (nSPS) is 14.9. The van der Waals surface area contributed by atoms with Gasteiger partial charge in [0.05, 0.1) is 21.9 Å². The maximum absolute atomic E-state index is 11.6. The summed E-state index contributed by atoms with van der Waals surface area (Å²) >= 11 is 0. The molecule has 0 saturated carbocycles. The number of benzene rings is 1. The van der Waals surface area contributed by atoms with Crippen molar-refractivity contribution in [1.82, 2.24) is 0 Å². The SMILES string of the molecule is CC=CC(=CC)OCC(O)C=[SH+](C)O[NH2+]c1cccc(S(C)(=O)=O)c1.[I-]. The lowest BCUT2D eigenvalue weighted by Crippen LogP contribution is -3.00. The molecule has 0 bridgehead atoms. The Labute approximate surface area is 175 Å². The van der Waals surface area contributed by atoms with E-state index >= 15 is 0 Å². The van der Waals surface area contributed by atoms with Gasteiger partial charge in [0.1, 0.15) is 23.8 Å². The maximum atomic E-state index is 11.6. The van der Waals surface area contributed by atoms with Crippen molar-refractivity contribution >= 4 is 31.7 Å². The first-order valence-electron chi connectivity index (χ1n) is 7.74. The Morgan fingerprint density at radius 1 is 1.38 bits per heavy atom. The average molecular weight is 516 g/mol. The lowest BCUT2D eigenvalue weighted by molar-refractivity contribution is -0.792. The van der Waals surface area contributed by atoms with Gasteiger partial charge in [-0.25, -0.2) is 8.42 Å². The van der Waals surface area contributed by atoms with Gasteiger partial charge in [0, 0.05) is 18.4 Å². The highest BCUT2D eigenvalue weighted by Gasteiger charge is 2.12. The van der Waals surface area contributed by atoms with Crippen LogP contribution in [0.1, 0.15) is 13.8 Å². The van der Waals surface area contributed by atoms with E-state index in [1.54, 1.807) is 23.6 Å². The number of hydrogen-bond acceptors (Lipinski definition) is 5. The van der Waals surface area contributed by atoms with Crippen LogP contribution in [-0.2, 0) is 29.6 Å². The van der Waals surface area contributed by atoms with Crippen LogP contribution in [0.25, 0.3) is 0 Å². The summed E-state index contributed by atoms with van der Waals surface area (Å²) in [6.45, 7) is 3.90. The van der Waals surface area contributed by atoms with Crippen molar-refractivity contribution < 1.29 is 52.0 Å². The summed E-state index contributed by atoms with van der Waals surface area (Å²) in [5.74, 6) is 0.695. The minimum Gasteiger partial charge on any atom is -1.00 e. The van der Waals surface area contributed by atoms with Gasteiger partial charge in [0.25, 0.3) is 0 Å². The number of sulfone groups is 1. The molecule has 0 aliphatic rings. The molecule has 0 heterocycles. The highest BCUT2D eigenvalue weighted by Crippen LogP contribution is 2.11. The molecule has 9 heteroatoms. The van der Waals surface area contributed by atoms with E-state index in [9.17, 15) is 13.5 Å². The lowest BCUT2D eigenvalue weighted by Gasteiger charge is -2.08. The molecule has 0 aliphatic heterocycles. The molecule has 1 rings (SSSR count). The van der Waals surface area contributed by atoms with Gasteiger partial charge in [-0.15, -0.1) is 5.48 Å². The zero-order valence-electron chi connectivity index (χ0n) is 15.3. The van der Waals surface area contributed by atoms with Crippen LogP contribution in [0, 0.1) is 0 Å². The van der Waals surface area contributed by atoms with Gasteiger partial charge < -0.3 is 33.8 Å². The van der Waals surface area contributed by atoms with Gasteiger partial charge in [0.15, 0.2) is 15.5 Å². The van der Waals surface area contributed by atoms with Crippen molar-refractivity contribution in [3.05, 3.63) is 48.3 Å². The monoisotopic (exact) mass is 516 g/mol. The van der Waals surface area contributed by atoms with Crippen LogP contribution >= 0.6 is 0 Å². The van der Waals surface area contributed by atoms with E-state index in [2.05, 4.69) is 0 Å². The molecule has 0 amide bonds. The molecule has 0 fully saturated rings. The second-order valence-corrected chi connectivity index (χ2v) is 8.95. The Bertz CT molecular complexity index is 760. The molecular formula is C17H27INO5S2+. The summed E-state index contributed by atoms with van der Waals surface area (Å²) in [6, 6.07) is 6.51. The van der Waals surface area contributed by atoms with Crippen LogP contribution in [0.2, 0.25) is 0 Å². The zero-order chi connectivity index (χ0) is 18.9. The number of aliphatic hydroxyl groups excluding tert-OH is 1. The predicted molar refractivity (Wildman–Crippen MR) is 104 cm³/mol. The number of thiol groups is 1. The zero-order valence-corrected chi connectivity index (χ0v) is 19.2. The van der Waals surface area contributed by atoms with E-state index in [4.69, 9.17) is 9.02 Å². The van der Waals surface area contributed by atoms with Crippen LogP contribution in [0.5, 0.6) is 0 Å². The van der Waals surface area contributed by atoms with Crippen LogP contribution in [0.15, 0.2) is 53.1 Å². The third kappa shape index (κ3) is 9.83. The first-order valence-corrected chi connectivity index (χ1v) is 11.4. The van der Waals surface area contributed by atoms with Gasteiger partial charge in [-0.3, -0.25) is 0 Å². The van der Waals surface area contributed by atoms with E-state index in [0.29, 0.717) is 11.4 Å². The number of quaternary nitrogens is 1. The highest BCUT2D eigenvalue weighted by atomic mass is 127. The number of nitrogens with two attached hydrogens (primary N) is 1. The number of hydrogen-bond donors (Lipinski definition) is 2. The second-order valence-electron chi connectivity index (χ2n) is 5.33. The summed E-state index contributed by atoms with van der Waals surface area (Å²) in [6.07, 6.45) is 7.75. The second kappa shape index (κ2) is 12.6. The van der Waals surface area contributed by atoms with E-state index in [1.807, 2.05) is 38.3 Å². The largest absolute Gasteiger partial charge is 1.00 e. The van der Waals surface area contributed by atoms with Gasteiger partial charge in [-0.05, 0) is 36.3 Å². The van der Waals surface area contributed by atoms with Gasteiger partial charge >= 0.3 is 0 Å². The molecule has 0 radical (unpaired) electrons. The summed E-state index contributed by atoms with van der Waals surface area (Å²) in [5, 5.41) is 11.7. The van der Waals surface area contributed by atoms with Crippen molar-refractivity contribution in [3.63, 3.8) is 0 Å². The molecule has 2 atom stereocenters. The van der Waals surface area contributed by atoms with Crippen molar-refractivity contribution in [1.29, 1.82) is 0 Å². The van der Waals surface area contributed by atoms with Crippen molar-refractivity contribution in [2.24, 2.45) is 0 Å².